The summed E-state index contributed by atoms with van der Waals surface area (Å²) in [4.78, 5) is 0. The SMILES string of the molecule is COc1cc(CBr)cc(OC)c1OC.COc1ccc(OC)c(CBr)c1. The Morgan fingerprint density at radius 1 is 0.654 bits per heavy atom. The lowest BCUT2D eigenvalue weighted by molar-refractivity contribution is 0.324. The highest BCUT2D eigenvalue weighted by molar-refractivity contribution is 9.08. The summed E-state index contributed by atoms with van der Waals surface area (Å²) in [5.74, 6) is 3.72. The minimum absolute atomic E-state index is 0.625. The van der Waals surface area contributed by atoms with Gasteiger partial charge in [-0.25, -0.2) is 0 Å². The zero-order valence-electron chi connectivity index (χ0n) is 15.6. The maximum absolute atomic E-state index is 5.20. The van der Waals surface area contributed by atoms with E-state index in [0.717, 1.165) is 33.3 Å². The third-order valence-corrected chi connectivity index (χ3v) is 4.76. The first-order chi connectivity index (χ1) is 12.6. The van der Waals surface area contributed by atoms with Gasteiger partial charge in [-0.3, -0.25) is 0 Å². The smallest absolute Gasteiger partial charge is 0.203 e. The lowest BCUT2D eigenvalue weighted by Crippen LogP contribution is -1.96. The van der Waals surface area contributed by atoms with Crippen LogP contribution in [0.15, 0.2) is 30.3 Å². The highest BCUT2D eigenvalue weighted by Crippen LogP contribution is 2.38. The van der Waals surface area contributed by atoms with Crippen molar-refractivity contribution in [2.45, 2.75) is 10.7 Å². The summed E-state index contributed by atoms with van der Waals surface area (Å²) in [5.41, 5.74) is 2.18. The molecule has 0 N–H and O–H groups in total. The van der Waals surface area contributed by atoms with Gasteiger partial charge in [0.1, 0.15) is 11.5 Å². The van der Waals surface area contributed by atoms with E-state index in [1.165, 1.54) is 0 Å². The van der Waals surface area contributed by atoms with Crippen LogP contribution in [0.2, 0.25) is 0 Å². The summed E-state index contributed by atoms with van der Waals surface area (Å²) in [7, 11) is 8.12. The molecule has 0 bridgehead atoms. The molecule has 5 nitrogen and oxygen atoms in total. The van der Waals surface area contributed by atoms with Crippen LogP contribution >= 0.6 is 31.9 Å². The number of alkyl halides is 2. The first-order valence-corrected chi connectivity index (χ1v) is 9.94. The maximum atomic E-state index is 5.20. The van der Waals surface area contributed by atoms with Crippen LogP contribution < -0.4 is 23.7 Å². The molecule has 0 aliphatic carbocycles. The van der Waals surface area contributed by atoms with Crippen LogP contribution in [0, 0.1) is 0 Å². The van der Waals surface area contributed by atoms with Gasteiger partial charge in [0.2, 0.25) is 5.75 Å². The van der Waals surface area contributed by atoms with Crippen LogP contribution in [-0.4, -0.2) is 35.5 Å². The van der Waals surface area contributed by atoms with Crippen LogP contribution in [0.3, 0.4) is 0 Å². The minimum atomic E-state index is 0.625. The van der Waals surface area contributed by atoms with Crippen molar-refractivity contribution in [3.05, 3.63) is 41.5 Å². The Labute approximate surface area is 171 Å². The predicted octanol–water partition coefficient (Wildman–Crippen LogP) is 5.21. The number of ether oxygens (including phenoxy) is 5. The standard InChI is InChI=1S/C10H13BrO3.C9H11BrO2/c1-12-8-4-7(6-11)5-9(13-2)10(8)14-3;1-11-8-3-4-9(12-2)7(5-8)6-10/h4-5H,6H2,1-3H3;3-5H,6H2,1-2H3. The second-order valence-corrected chi connectivity index (χ2v) is 6.10. The predicted molar refractivity (Wildman–Crippen MR) is 111 cm³/mol. The molecule has 0 aliphatic rings. The lowest BCUT2D eigenvalue weighted by atomic mass is 10.2. The monoisotopic (exact) mass is 490 g/mol. The third-order valence-electron chi connectivity index (χ3n) is 3.51. The Hall–Kier alpha value is -1.60. The van der Waals surface area contributed by atoms with E-state index in [0.29, 0.717) is 17.2 Å². The number of hydrogen-bond donors (Lipinski definition) is 0. The normalized spacial score (nSPS) is 9.65. The minimum Gasteiger partial charge on any atom is -0.497 e. The zero-order valence-corrected chi connectivity index (χ0v) is 18.8. The molecule has 0 amide bonds. The fraction of sp³-hybridized carbons (Fsp3) is 0.368. The van der Waals surface area contributed by atoms with Crippen LogP contribution in [0.25, 0.3) is 0 Å². The highest BCUT2D eigenvalue weighted by Gasteiger charge is 2.12. The summed E-state index contributed by atoms with van der Waals surface area (Å²) >= 11 is 6.76. The van der Waals surface area contributed by atoms with E-state index in [9.17, 15) is 0 Å². The van der Waals surface area contributed by atoms with E-state index in [-0.39, 0.29) is 0 Å². The summed E-state index contributed by atoms with van der Waals surface area (Å²) in [6, 6.07) is 9.56. The number of hydrogen-bond acceptors (Lipinski definition) is 5. The highest BCUT2D eigenvalue weighted by atomic mass is 79.9. The Morgan fingerprint density at radius 3 is 1.62 bits per heavy atom. The molecule has 0 radical (unpaired) electrons. The summed E-state index contributed by atoms with van der Waals surface area (Å²) in [5, 5.41) is 1.52. The molecular formula is C19H24Br2O5. The van der Waals surface area contributed by atoms with Gasteiger partial charge in [-0.1, -0.05) is 31.9 Å². The molecule has 0 spiro atoms. The second kappa shape index (κ2) is 11.9. The molecule has 2 aromatic rings. The van der Waals surface area contributed by atoms with Crippen molar-refractivity contribution in [2.75, 3.05) is 35.5 Å². The van der Waals surface area contributed by atoms with Gasteiger partial charge in [0.15, 0.2) is 11.5 Å². The van der Waals surface area contributed by atoms with E-state index < -0.39 is 0 Å². The van der Waals surface area contributed by atoms with Crippen molar-refractivity contribution >= 4 is 31.9 Å². The van der Waals surface area contributed by atoms with E-state index in [4.69, 9.17) is 23.7 Å². The molecule has 0 unspecified atom stereocenters. The molecule has 0 atom stereocenters. The van der Waals surface area contributed by atoms with Gasteiger partial charge in [-0.2, -0.15) is 0 Å². The molecule has 0 heterocycles. The molecule has 0 aromatic heterocycles. The molecule has 0 aliphatic heterocycles. The van der Waals surface area contributed by atoms with Crippen molar-refractivity contribution in [3.8, 4) is 28.7 Å². The number of rotatable bonds is 7. The van der Waals surface area contributed by atoms with Gasteiger partial charge < -0.3 is 23.7 Å². The van der Waals surface area contributed by atoms with Crippen molar-refractivity contribution in [1.82, 2.24) is 0 Å². The first kappa shape index (κ1) is 22.4. The Bertz CT molecular complexity index is 667. The van der Waals surface area contributed by atoms with Gasteiger partial charge in [0.25, 0.3) is 0 Å². The maximum Gasteiger partial charge on any atom is 0.203 e. The fourth-order valence-electron chi connectivity index (χ4n) is 2.20. The number of methoxy groups -OCH3 is 5. The summed E-state index contributed by atoms with van der Waals surface area (Å²) in [6.07, 6.45) is 0. The van der Waals surface area contributed by atoms with Gasteiger partial charge in [-0.15, -0.1) is 0 Å². The molecule has 144 valence electrons. The summed E-state index contributed by atoms with van der Waals surface area (Å²) < 4.78 is 25.8. The van der Waals surface area contributed by atoms with E-state index >= 15 is 0 Å². The average molecular weight is 492 g/mol. The van der Waals surface area contributed by atoms with Crippen molar-refractivity contribution in [2.24, 2.45) is 0 Å². The van der Waals surface area contributed by atoms with Crippen LogP contribution in [0.1, 0.15) is 11.1 Å². The van der Waals surface area contributed by atoms with E-state index in [1.54, 1.807) is 35.5 Å². The van der Waals surface area contributed by atoms with Crippen LogP contribution in [0.4, 0.5) is 0 Å². The van der Waals surface area contributed by atoms with Crippen molar-refractivity contribution in [1.29, 1.82) is 0 Å². The molecule has 7 heteroatoms. The molecule has 2 aromatic carbocycles. The van der Waals surface area contributed by atoms with Crippen molar-refractivity contribution in [3.63, 3.8) is 0 Å². The van der Waals surface area contributed by atoms with Crippen LogP contribution in [-0.2, 0) is 10.7 Å². The quantitative estimate of drug-likeness (QED) is 0.497. The molecule has 0 fully saturated rings. The Kier molecular flexibility index (Phi) is 10.3. The fourth-order valence-corrected chi connectivity index (χ4v) is 2.96. The molecule has 26 heavy (non-hydrogen) atoms. The topological polar surface area (TPSA) is 46.2 Å². The number of benzene rings is 2. The Morgan fingerprint density at radius 2 is 1.23 bits per heavy atom. The van der Waals surface area contributed by atoms with E-state index in [2.05, 4.69) is 31.9 Å². The van der Waals surface area contributed by atoms with Crippen molar-refractivity contribution < 1.29 is 23.7 Å². The molecule has 2 rings (SSSR count). The van der Waals surface area contributed by atoms with Gasteiger partial charge in [0.05, 0.1) is 35.5 Å². The van der Waals surface area contributed by atoms with E-state index in [1.807, 2.05) is 30.3 Å². The number of halogens is 2. The molecular weight excluding hydrogens is 468 g/mol. The zero-order chi connectivity index (χ0) is 19.5. The largest absolute Gasteiger partial charge is 0.497 e. The molecule has 0 saturated heterocycles. The van der Waals surface area contributed by atoms with Gasteiger partial charge in [0, 0.05) is 16.2 Å². The molecule has 0 saturated carbocycles. The Balaban J connectivity index is 0.000000263. The average Bonchev–Trinajstić information content (AvgIpc) is 2.72. The van der Waals surface area contributed by atoms with Gasteiger partial charge in [-0.05, 0) is 35.9 Å². The second-order valence-electron chi connectivity index (χ2n) is 4.98. The lowest BCUT2D eigenvalue weighted by Gasteiger charge is -2.13. The van der Waals surface area contributed by atoms with Crippen LogP contribution in [0.5, 0.6) is 28.7 Å². The first-order valence-electron chi connectivity index (χ1n) is 7.70. The third kappa shape index (κ3) is 5.99. The summed E-state index contributed by atoms with van der Waals surface area (Å²) in [6.45, 7) is 0. The van der Waals surface area contributed by atoms with Gasteiger partial charge >= 0.3 is 0 Å².